The standard InChI is InChI=1S/C16H15NO3/c1-12(16(18)19)20-15-10-9-14(17-11-15)8-7-13-5-3-2-4-6-13/h2-12H,1H3,(H,18,19)/b8-7+/t12-/m0/s1. The van der Waals surface area contributed by atoms with Crippen molar-refractivity contribution >= 4 is 18.1 Å². The van der Waals surface area contributed by atoms with Crippen LogP contribution < -0.4 is 4.74 Å². The van der Waals surface area contributed by atoms with Crippen molar-refractivity contribution in [2.24, 2.45) is 0 Å². The number of hydrogen-bond donors (Lipinski definition) is 1. The Morgan fingerprint density at radius 3 is 2.55 bits per heavy atom. The minimum absolute atomic E-state index is 0.441. The first-order valence-corrected chi connectivity index (χ1v) is 6.24. The smallest absolute Gasteiger partial charge is 0.344 e. The summed E-state index contributed by atoms with van der Waals surface area (Å²) in [6, 6.07) is 13.4. The fourth-order valence-corrected chi connectivity index (χ4v) is 1.56. The first kappa shape index (κ1) is 13.8. The van der Waals surface area contributed by atoms with Gasteiger partial charge in [-0.15, -0.1) is 0 Å². The van der Waals surface area contributed by atoms with Gasteiger partial charge in [-0.1, -0.05) is 36.4 Å². The van der Waals surface area contributed by atoms with Gasteiger partial charge in [0.2, 0.25) is 0 Å². The summed E-state index contributed by atoms with van der Waals surface area (Å²) >= 11 is 0. The molecule has 1 atom stereocenters. The molecule has 0 saturated carbocycles. The molecule has 0 saturated heterocycles. The van der Waals surface area contributed by atoms with Crippen molar-refractivity contribution in [2.45, 2.75) is 13.0 Å². The van der Waals surface area contributed by atoms with Gasteiger partial charge in [-0.25, -0.2) is 4.79 Å². The molecule has 0 aliphatic heterocycles. The predicted octanol–water partition coefficient (Wildman–Crippen LogP) is 3.10. The second-order valence-electron chi connectivity index (χ2n) is 4.26. The van der Waals surface area contributed by atoms with Gasteiger partial charge in [-0.2, -0.15) is 0 Å². The normalized spacial score (nSPS) is 12.2. The van der Waals surface area contributed by atoms with E-state index in [0.29, 0.717) is 5.75 Å². The van der Waals surface area contributed by atoms with E-state index in [1.54, 1.807) is 12.1 Å². The Morgan fingerprint density at radius 1 is 1.20 bits per heavy atom. The number of aliphatic carboxylic acids is 1. The van der Waals surface area contributed by atoms with E-state index >= 15 is 0 Å². The fourth-order valence-electron chi connectivity index (χ4n) is 1.56. The minimum Gasteiger partial charge on any atom is -0.479 e. The highest BCUT2D eigenvalue weighted by Crippen LogP contribution is 2.13. The molecule has 0 amide bonds. The van der Waals surface area contributed by atoms with Gasteiger partial charge in [0.25, 0.3) is 0 Å². The van der Waals surface area contributed by atoms with Crippen molar-refractivity contribution in [3.8, 4) is 5.75 Å². The molecule has 2 aromatic rings. The van der Waals surface area contributed by atoms with Crippen LogP contribution in [0.4, 0.5) is 0 Å². The van der Waals surface area contributed by atoms with E-state index in [0.717, 1.165) is 11.3 Å². The van der Waals surface area contributed by atoms with Gasteiger partial charge in [0, 0.05) is 0 Å². The van der Waals surface area contributed by atoms with Crippen LogP contribution in [0, 0.1) is 0 Å². The summed E-state index contributed by atoms with van der Waals surface area (Å²) in [7, 11) is 0. The van der Waals surface area contributed by atoms with E-state index in [1.165, 1.54) is 13.1 Å². The quantitative estimate of drug-likeness (QED) is 0.906. The molecule has 1 N–H and O–H groups in total. The van der Waals surface area contributed by atoms with Gasteiger partial charge in [-0.05, 0) is 30.7 Å². The summed E-state index contributed by atoms with van der Waals surface area (Å²) in [5, 5.41) is 8.75. The second kappa shape index (κ2) is 6.52. The number of hydrogen-bond acceptors (Lipinski definition) is 3. The third-order valence-corrected chi connectivity index (χ3v) is 2.67. The van der Waals surface area contributed by atoms with Gasteiger partial charge < -0.3 is 9.84 Å². The van der Waals surface area contributed by atoms with E-state index in [-0.39, 0.29) is 0 Å². The van der Waals surface area contributed by atoms with E-state index in [9.17, 15) is 4.79 Å². The maximum absolute atomic E-state index is 10.7. The molecule has 0 aliphatic carbocycles. The topological polar surface area (TPSA) is 59.4 Å². The lowest BCUT2D eigenvalue weighted by Crippen LogP contribution is -2.22. The summed E-state index contributed by atoms with van der Waals surface area (Å²) in [6.07, 6.45) is 4.48. The minimum atomic E-state index is -1.00. The maximum Gasteiger partial charge on any atom is 0.344 e. The van der Waals surface area contributed by atoms with Gasteiger partial charge in [-0.3, -0.25) is 4.98 Å². The van der Waals surface area contributed by atoms with E-state index in [4.69, 9.17) is 9.84 Å². The van der Waals surface area contributed by atoms with Crippen LogP contribution in [0.1, 0.15) is 18.2 Å². The van der Waals surface area contributed by atoms with Crippen LogP contribution in [0.3, 0.4) is 0 Å². The zero-order valence-electron chi connectivity index (χ0n) is 11.1. The molecule has 0 aliphatic rings. The van der Waals surface area contributed by atoms with E-state index < -0.39 is 12.1 Å². The lowest BCUT2D eigenvalue weighted by molar-refractivity contribution is -0.144. The van der Waals surface area contributed by atoms with Crippen LogP contribution in [0.15, 0.2) is 48.7 Å². The van der Waals surface area contributed by atoms with Crippen molar-refractivity contribution in [1.82, 2.24) is 4.98 Å². The molecule has 1 aromatic heterocycles. The zero-order chi connectivity index (χ0) is 14.4. The van der Waals surface area contributed by atoms with E-state index in [2.05, 4.69) is 4.98 Å². The van der Waals surface area contributed by atoms with Crippen LogP contribution >= 0.6 is 0 Å². The molecule has 0 fully saturated rings. The third-order valence-electron chi connectivity index (χ3n) is 2.67. The zero-order valence-corrected chi connectivity index (χ0v) is 11.1. The molecule has 0 radical (unpaired) electrons. The second-order valence-corrected chi connectivity index (χ2v) is 4.26. The highest BCUT2D eigenvalue weighted by atomic mass is 16.5. The molecule has 1 heterocycles. The highest BCUT2D eigenvalue weighted by molar-refractivity contribution is 5.72. The summed E-state index contributed by atoms with van der Waals surface area (Å²) in [5.41, 5.74) is 1.87. The van der Waals surface area contributed by atoms with Crippen LogP contribution in [-0.2, 0) is 4.79 Å². The van der Waals surface area contributed by atoms with Gasteiger partial charge in [0.1, 0.15) is 5.75 Å². The van der Waals surface area contributed by atoms with Crippen molar-refractivity contribution in [3.05, 3.63) is 59.9 Å². The molecule has 0 bridgehead atoms. The van der Waals surface area contributed by atoms with Gasteiger partial charge >= 0.3 is 5.97 Å². The molecule has 20 heavy (non-hydrogen) atoms. The number of ether oxygens (including phenoxy) is 1. The van der Waals surface area contributed by atoms with Crippen molar-refractivity contribution < 1.29 is 14.6 Å². The summed E-state index contributed by atoms with van der Waals surface area (Å²) in [4.78, 5) is 14.9. The average Bonchev–Trinajstić information content (AvgIpc) is 2.47. The van der Waals surface area contributed by atoms with Crippen molar-refractivity contribution in [2.75, 3.05) is 0 Å². The van der Waals surface area contributed by atoms with E-state index in [1.807, 2.05) is 42.5 Å². The van der Waals surface area contributed by atoms with Gasteiger partial charge in [0.05, 0.1) is 11.9 Å². The van der Waals surface area contributed by atoms with Crippen molar-refractivity contribution in [3.63, 3.8) is 0 Å². The molecular weight excluding hydrogens is 254 g/mol. The molecule has 1 aromatic carbocycles. The lowest BCUT2D eigenvalue weighted by atomic mass is 10.2. The maximum atomic E-state index is 10.7. The Morgan fingerprint density at radius 2 is 1.95 bits per heavy atom. The Hall–Kier alpha value is -2.62. The molecule has 4 heteroatoms. The number of pyridine rings is 1. The summed E-state index contributed by atoms with van der Waals surface area (Å²) in [5.74, 6) is -0.560. The monoisotopic (exact) mass is 269 g/mol. The molecular formula is C16H15NO3. The Balaban J connectivity index is 2.02. The van der Waals surface area contributed by atoms with Crippen LogP contribution in [0.2, 0.25) is 0 Å². The fraction of sp³-hybridized carbons (Fsp3) is 0.125. The number of carboxylic acid groups (broad SMARTS) is 1. The Bertz CT molecular complexity index is 591. The predicted molar refractivity (Wildman–Crippen MR) is 77.3 cm³/mol. The van der Waals surface area contributed by atoms with Crippen LogP contribution in [-0.4, -0.2) is 22.2 Å². The lowest BCUT2D eigenvalue weighted by Gasteiger charge is -2.09. The highest BCUT2D eigenvalue weighted by Gasteiger charge is 2.12. The molecule has 0 spiro atoms. The van der Waals surface area contributed by atoms with Crippen LogP contribution in [0.25, 0.3) is 12.2 Å². The first-order valence-electron chi connectivity index (χ1n) is 6.24. The SMILES string of the molecule is C[C@H](Oc1ccc(/C=C/c2ccccc2)nc1)C(=O)O. The summed E-state index contributed by atoms with van der Waals surface area (Å²) in [6.45, 7) is 1.48. The average molecular weight is 269 g/mol. The number of carbonyl (C=O) groups is 1. The molecule has 102 valence electrons. The number of carboxylic acids is 1. The summed E-state index contributed by atoms with van der Waals surface area (Å²) < 4.78 is 5.21. The third kappa shape index (κ3) is 3.95. The number of aromatic nitrogens is 1. The Labute approximate surface area is 117 Å². The number of benzene rings is 1. The van der Waals surface area contributed by atoms with Crippen molar-refractivity contribution in [1.29, 1.82) is 0 Å². The largest absolute Gasteiger partial charge is 0.479 e. The molecule has 2 rings (SSSR count). The first-order chi connectivity index (χ1) is 9.65. The molecule has 4 nitrogen and oxygen atoms in total. The molecule has 0 unspecified atom stereocenters. The van der Waals surface area contributed by atoms with Gasteiger partial charge in [0.15, 0.2) is 6.10 Å². The Kier molecular flexibility index (Phi) is 4.50. The number of nitrogens with zero attached hydrogens (tertiary/aromatic N) is 1. The van der Waals surface area contributed by atoms with Crippen LogP contribution in [0.5, 0.6) is 5.75 Å². The number of rotatable bonds is 5.